The molecular weight excluding hydrogens is 388 g/mol. The summed E-state index contributed by atoms with van der Waals surface area (Å²) >= 11 is 0. The van der Waals surface area contributed by atoms with E-state index in [9.17, 15) is 4.79 Å². The quantitative estimate of drug-likeness (QED) is 0.312. The van der Waals surface area contributed by atoms with Gasteiger partial charge in [-0.05, 0) is 128 Å². The molecule has 1 heteroatoms. The number of hydrogen-bond acceptors (Lipinski definition) is 1. The molecule has 5 saturated carbocycles. The van der Waals surface area contributed by atoms with Crippen LogP contribution in [0.4, 0.5) is 0 Å². The normalized spacial score (nSPS) is 56.3. The molecule has 1 nitrogen and oxygen atoms in total. The van der Waals surface area contributed by atoms with Gasteiger partial charge in [0.15, 0.2) is 0 Å². The van der Waals surface area contributed by atoms with Crippen LogP contribution >= 0.6 is 0 Å². The average Bonchev–Trinajstić information content (AvgIpc) is 3.12. The van der Waals surface area contributed by atoms with Gasteiger partial charge >= 0.3 is 0 Å². The van der Waals surface area contributed by atoms with Crippen LogP contribution in [0.15, 0.2) is 12.2 Å². The lowest BCUT2D eigenvalue weighted by atomic mass is 9.32. The van der Waals surface area contributed by atoms with Gasteiger partial charge in [-0.2, -0.15) is 0 Å². The monoisotopic (exact) mass is 438 g/mol. The van der Waals surface area contributed by atoms with E-state index in [0.717, 1.165) is 30.6 Å². The molecule has 0 N–H and O–H groups in total. The van der Waals surface area contributed by atoms with Gasteiger partial charge in [0, 0.05) is 5.41 Å². The predicted octanol–water partition coefficient (Wildman–Crippen LogP) is 8.48. The van der Waals surface area contributed by atoms with Crippen LogP contribution in [0.1, 0.15) is 113 Å². The Morgan fingerprint density at radius 3 is 2.19 bits per heavy atom. The van der Waals surface area contributed by atoms with Crippen molar-refractivity contribution in [2.75, 3.05) is 0 Å². The van der Waals surface area contributed by atoms with Crippen LogP contribution in [-0.4, -0.2) is 6.29 Å². The molecule has 5 fully saturated rings. The van der Waals surface area contributed by atoms with Gasteiger partial charge in [-0.3, -0.25) is 0 Å². The minimum absolute atomic E-state index is 0.0552. The highest BCUT2D eigenvalue weighted by molar-refractivity contribution is 5.62. The van der Waals surface area contributed by atoms with E-state index in [1.807, 2.05) is 0 Å². The number of hydrogen-bond donors (Lipinski definition) is 0. The van der Waals surface area contributed by atoms with Gasteiger partial charge in [-0.25, -0.2) is 0 Å². The van der Waals surface area contributed by atoms with E-state index in [1.54, 1.807) is 0 Å². The van der Waals surface area contributed by atoms with Crippen molar-refractivity contribution in [3.63, 3.8) is 0 Å². The third-order valence-corrected chi connectivity index (χ3v) is 13.9. The van der Waals surface area contributed by atoms with Gasteiger partial charge in [-0.15, -0.1) is 0 Å². The standard InChI is InChI=1S/C31H50O/c1-20(2)22-12-16-31(19-32)18-17-29(7)23(26(22)31)9-10-25-28(6)14-11-21(3)27(4,5)24(28)13-15-30(25,29)8/h19,21-26H,1,9-18H2,2-8H3/t21-,22-,23+,24-,25+,26+,28-,29+,30+,31+/m0/s1. The Morgan fingerprint density at radius 1 is 0.812 bits per heavy atom. The topological polar surface area (TPSA) is 17.1 Å². The maximum absolute atomic E-state index is 12.6. The Balaban J connectivity index is 1.56. The van der Waals surface area contributed by atoms with E-state index in [-0.39, 0.29) is 5.41 Å². The number of fused-ring (bicyclic) bond motifs is 7. The zero-order chi connectivity index (χ0) is 23.3. The van der Waals surface area contributed by atoms with E-state index < -0.39 is 0 Å². The number of carbonyl (C=O) groups excluding carboxylic acids is 1. The van der Waals surface area contributed by atoms with Crippen LogP contribution in [0.5, 0.6) is 0 Å². The van der Waals surface area contributed by atoms with E-state index >= 15 is 0 Å². The number of carbonyl (C=O) groups is 1. The smallest absolute Gasteiger partial charge is 0.126 e. The summed E-state index contributed by atoms with van der Waals surface area (Å²) in [7, 11) is 0. The third kappa shape index (κ3) is 2.61. The van der Waals surface area contributed by atoms with Crippen LogP contribution in [0.2, 0.25) is 0 Å². The van der Waals surface area contributed by atoms with Crippen LogP contribution in [-0.2, 0) is 4.79 Å². The molecule has 0 unspecified atom stereocenters. The molecule has 0 heterocycles. The third-order valence-electron chi connectivity index (χ3n) is 13.9. The van der Waals surface area contributed by atoms with Gasteiger partial charge in [0.25, 0.3) is 0 Å². The zero-order valence-corrected chi connectivity index (χ0v) is 22.2. The summed E-state index contributed by atoms with van der Waals surface area (Å²) in [5, 5.41) is 0. The summed E-state index contributed by atoms with van der Waals surface area (Å²) in [6, 6.07) is 0. The highest BCUT2D eigenvalue weighted by Crippen LogP contribution is 2.77. The maximum atomic E-state index is 12.6. The zero-order valence-electron chi connectivity index (χ0n) is 22.2. The van der Waals surface area contributed by atoms with Crippen molar-refractivity contribution in [1.29, 1.82) is 0 Å². The van der Waals surface area contributed by atoms with Crippen LogP contribution in [0, 0.1) is 62.6 Å². The van der Waals surface area contributed by atoms with Gasteiger partial charge < -0.3 is 4.79 Å². The molecule has 0 saturated heterocycles. The number of aldehydes is 1. The number of rotatable bonds is 2. The molecular formula is C31H50O. The summed E-state index contributed by atoms with van der Waals surface area (Å²) in [5.41, 5.74) is 3.01. The Kier molecular flexibility index (Phi) is 5.05. The fourth-order valence-corrected chi connectivity index (χ4v) is 11.6. The first-order chi connectivity index (χ1) is 14.9. The van der Waals surface area contributed by atoms with Gasteiger partial charge in [0.1, 0.15) is 6.29 Å². The fraction of sp³-hybridized carbons (Fsp3) is 0.903. The summed E-state index contributed by atoms with van der Waals surface area (Å²) in [6.45, 7) is 22.5. The molecule has 0 amide bonds. The second kappa shape index (κ2) is 6.97. The van der Waals surface area contributed by atoms with E-state index in [2.05, 4.69) is 55.0 Å². The Labute approximate surface area is 198 Å². The predicted molar refractivity (Wildman–Crippen MR) is 134 cm³/mol. The molecule has 0 aromatic rings. The summed E-state index contributed by atoms with van der Waals surface area (Å²) in [6.07, 6.45) is 14.5. The molecule has 0 aromatic heterocycles. The molecule has 0 aromatic carbocycles. The molecule has 0 spiro atoms. The van der Waals surface area contributed by atoms with E-state index in [4.69, 9.17) is 0 Å². The highest BCUT2D eigenvalue weighted by Gasteiger charge is 2.70. The van der Waals surface area contributed by atoms with Gasteiger partial charge in [0.05, 0.1) is 0 Å². The molecule has 5 rings (SSSR count). The second-order valence-corrected chi connectivity index (χ2v) is 14.8. The van der Waals surface area contributed by atoms with E-state index in [0.29, 0.717) is 39.4 Å². The average molecular weight is 439 g/mol. The Hall–Kier alpha value is -0.590. The fourth-order valence-electron chi connectivity index (χ4n) is 11.6. The van der Waals surface area contributed by atoms with Gasteiger partial charge in [0.2, 0.25) is 0 Å². The lowest BCUT2D eigenvalue weighted by molar-refractivity contribution is -0.239. The lowest BCUT2D eigenvalue weighted by Crippen LogP contribution is -2.66. The largest absolute Gasteiger partial charge is 0.303 e. The molecule has 32 heavy (non-hydrogen) atoms. The van der Waals surface area contributed by atoms with E-state index in [1.165, 1.54) is 63.2 Å². The summed E-state index contributed by atoms with van der Waals surface area (Å²) in [5.74, 6) is 4.35. The number of allylic oxidation sites excluding steroid dienone is 1. The van der Waals surface area contributed by atoms with Crippen molar-refractivity contribution in [3.05, 3.63) is 12.2 Å². The molecule has 5 aliphatic rings. The first kappa shape index (κ1) is 23.2. The molecule has 0 radical (unpaired) electrons. The van der Waals surface area contributed by atoms with Crippen molar-refractivity contribution in [1.82, 2.24) is 0 Å². The maximum Gasteiger partial charge on any atom is 0.126 e. The SMILES string of the molecule is C=C(C)[C@@H]1CC[C@]2(C=O)CC[C@]3(C)[C@H](CC[C@@H]4[C@@]5(C)CC[C@H](C)C(C)(C)[C@@H]5CC[C@]43C)[C@@H]12. The van der Waals surface area contributed by atoms with Crippen LogP contribution < -0.4 is 0 Å². The first-order valence-corrected chi connectivity index (χ1v) is 14.0. The summed E-state index contributed by atoms with van der Waals surface area (Å²) in [4.78, 5) is 12.6. The van der Waals surface area contributed by atoms with Gasteiger partial charge in [-0.1, -0.05) is 53.7 Å². The molecule has 0 aliphatic heterocycles. The van der Waals surface area contributed by atoms with Crippen molar-refractivity contribution in [2.45, 2.75) is 113 Å². The Bertz CT molecular complexity index is 809. The van der Waals surface area contributed by atoms with Crippen LogP contribution in [0.3, 0.4) is 0 Å². The Morgan fingerprint density at radius 2 is 1.53 bits per heavy atom. The van der Waals surface area contributed by atoms with Crippen molar-refractivity contribution >= 4 is 6.29 Å². The minimum Gasteiger partial charge on any atom is -0.303 e. The van der Waals surface area contributed by atoms with Crippen molar-refractivity contribution in [3.8, 4) is 0 Å². The second-order valence-electron chi connectivity index (χ2n) is 14.8. The lowest BCUT2D eigenvalue weighted by Gasteiger charge is -2.73. The first-order valence-electron chi connectivity index (χ1n) is 14.0. The molecule has 0 bridgehead atoms. The molecule has 10 atom stereocenters. The summed E-state index contributed by atoms with van der Waals surface area (Å²) < 4.78 is 0. The van der Waals surface area contributed by atoms with Crippen molar-refractivity contribution < 1.29 is 4.79 Å². The molecule has 180 valence electrons. The van der Waals surface area contributed by atoms with Crippen LogP contribution in [0.25, 0.3) is 0 Å². The highest BCUT2D eigenvalue weighted by atomic mass is 16.1. The van der Waals surface area contributed by atoms with Crippen molar-refractivity contribution in [2.24, 2.45) is 62.6 Å². The molecule has 5 aliphatic carbocycles. The minimum atomic E-state index is -0.0552.